The van der Waals surface area contributed by atoms with Crippen LogP contribution in [-0.2, 0) is 8.85 Å². The van der Waals surface area contributed by atoms with Gasteiger partial charge in [-0.3, -0.25) is 9.96 Å². The zero-order valence-electron chi connectivity index (χ0n) is 17.2. The lowest BCUT2D eigenvalue weighted by atomic mass is 9.81. The van der Waals surface area contributed by atoms with Gasteiger partial charge in [-0.15, -0.1) is 0 Å². The average molecular weight is 371 g/mol. The Bertz CT molecular complexity index is 344. The molecular weight excluding hydrogens is 328 g/mol. The van der Waals surface area contributed by atoms with Gasteiger partial charge < -0.3 is 8.85 Å². The maximum atomic E-state index is 6.42. The van der Waals surface area contributed by atoms with Crippen LogP contribution < -0.4 is 9.96 Å². The fourth-order valence-corrected chi connectivity index (χ4v) is 8.41. The Labute approximate surface area is 157 Å². The first-order valence-corrected chi connectivity index (χ1v) is 12.8. The van der Waals surface area contributed by atoms with Crippen LogP contribution in [0.1, 0.15) is 105 Å². The Balaban J connectivity index is 2.24. The predicted molar refractivity (Wildman–Crippen MR) is 107 cm³/mol. The molecule has 5 heteroatoms. The molecule has 2 fully saturated rings. The zero-order valence-corrected chi connectivity index (χ0v) is 18.2. The highest BCUT2D eigenvalue weighted by atomic mass is 28.4. The van der Waals surface area contributed by atoms with Crippen molar-refractivity contribution in [2.24, 2.45) is 0 Å². The third kappa shape index (κ3) is 5.52. The molecule has 0 bridgehead atoms. The van der Waals surface area contributed by atoms with E-state index in [0.29, 0.717) is 13.2 Å². The van der Waals surface area contributed by atoms with Gasteiger partial charge in [-0.25, -0.2) is 0 Å². The van der Waals surface area contributed by atoms with E-state index in [1.807, 2.05) is 0 Å². The van der Waals surface area contributed by atoms with Gasteiger partial charge in [0.1, 0.15) is 0 Å². The molecule has 2 rings (SSSR count). The molecule has 25 heavy (non-hydrogen) atoms. The summed E-state index contributed by atoms with van der Waals surface area (Å²) in [5.41, 5.74) is 0.372. The lowest BCUT2D eigenvalue weighted by Crippen LogP contribution is -2.77. The molecule has 148 valence electrons. The van der Waals surface area contributed by atoms with Crippen molar-refractivity contribution < 1.29 is 8.85 Å². The first-order valence-electron chi connectivity index (χ1n) is 10.9. The topological polar surface area (TPSA) is 42.5 Å². The number of nitrogens with one attached hydrogen (secondary N) is 2. The monoisotopic (exact) mass is 370 g/mol. The molecule has 0 aromatic carbocycles. The van der Waals surface area contributed by atoms with Gasteiger partial charge in [-0.2, -0.15) is 0 Å². The molecule has 0 saturated heterocycles. The van der Waals surface area contributed by atoms with Gasteiger partial charge in [-0.1, -0.05) is 52.4 Å². The van der Waals surface area contributed by atoms with E-state index in [-0.39, 0.29) is 11.1 Å². The molecule has 2 N–H and O–H groups in total. The van der Waals surface area contributed by atoms with Gasteiger partial charge in [0, 0.05) is 24.3 Å². The van der Waals surface area contributed by atoms with Crippen LogP contribution in [-0.4, -0.2) is 33.2 Å². The van der Waals surface area contributed by atoms with Crippen LogP contribution in [0, 0.1) is 0 Å². The molecule has 0 aliphatic heterocycles. The summed E-state index contributed by atoms with van der Waals surface area (Å²) in [6, 6.07) is 0. The van der Waals surface area contributed by atoms with Crippen molar-refractivity contribution in [2.75, 3.05) is 13.2 Å². The molecule has 0 spiro atoms. The molecule has 0 aromatic rings. The fraction of sp³-hybridized carbons (Fsp3) is 1.00. The van der Waals surface area contributed by atoms with Crippen LogP contribution in [0.3, 0.4) is 0 Å². The maximum Gasteiger partial charge on any atom is 0.517 e. The maximum absolute atomic E-state index is 6.42. The Morgan fingerprint density at radius 1 is 0.640 bits per heavy atom. The molecule has 0 radical (unpaired) electrons. The van der Waals surface area contributed by atoms with Crippen molar-refractivity contribution in [3.63, 3.8) is 0 Å². The van der Waals surface area contributed by atoms with Crippen molar-refractivity contribution in [2.45, 2.75) is 116 Å². The summed E-state index contributed by atoms with van der Waals surface area (Å²) in [5.74, 6) is 0. The molecule has 0 aromatic heterocycles. The Kier molecular flexibility index (Phi) is 8.40. The van der Waals surface area contributed by atoms with Crippen LogP contribution >= 0.6 is 0 Å². The second kappa shape index (κ2) is 9.84. The lowest BCUT2D eigenvalue weighted by molar-refractivity contribution is 0.106. The van der Waals surface area contributed by atoms with Crippen molar-refractivity contribution in [1.82, 2.24) is 9.96 Å². The van der Waals surface area contributed by atoms with Crippen molar-refractivity contribution in [1.29, 1.82) is 0 Å². The second-order valence-corrected chi connectivity index (χ2v) is 10.4. The Morgan fingerprint density at radius 2 is 1.00 bits per heavy atom. The Hall–Kier alpha value is 0.0569. The van der Waals surface area contributed by atoms with Gasteiger partial charge in [0.05, 0.1) is 0 Å². The summed E-state index contributed by atoms with van der Waals surface area (Å²) < 4.78 is 12.8. The molecule has 2 aliphatic rings. The van der Waals surface area contributed by atoms with E-state index >= 15 is 0 Å². The Morgan fingerprint density at radius 3 is 1.28 bits per heavy atom. The summed E-state index contributed by atoms with van der Waals surface area (Å²) in [6.07, 6.45) is 15.3. The zero-order chi connectivity index (χ0) is 18.2. The summed E-state index contributed by atoms with van der Waals surface area (Å²) >= 11 is 0. The minimum atomic E-state index is -2.66. The molecule has 0 amide bonds. The van der Waals surface area contributed by atoms with E-state index in [1.165, 1.54) is 64.2 Å². The third-order valence-electron chi connectivity index (χ3n) is 6.53. The largest absolute Gasteiger partial charge is 0.517 e. The molecule has 4 nitrogen and oxygen atoms in total. The van der Waals surface area contributed by atoms with Crippen molar-refractivity contribution >= 4 is 8.88 Å². The highest BCUT2D eigenvalue weighted by Gasteiger charge is 2.51. The molecule has 0 atom stereocenters. The van der Waals surface area contributed by atoms with Crippen LogP contribution in [0.25, 0.3) is 0 Å². The van der Waals surface area contributed by atoms with Gasteiger partial charge in [-0.05, 0) is 52.4 Å². The SMILES string of the molecule is CCO[Si](NC1(CC)CCCCC1)(NC1(CC)CCCCC1)OCC. The van der Waals surface area contributed by atoms with Crippen molar-refractivity contribution in [3.05, 3.63) is 0 Å². The summed E-state index contributed by atoms with van der Waals surface area (Å²) in [7, 11) is -2.66. The number of rotatable bonds is 10. The van der Waals surface area contributed by atoms with Crippen LogP contribution in [0.4, 0.5) is 0 Å². The average Bonchev–Trinajstić information content (AvgIpc) is 2.63. The van der Waals surface area contributed by atoms with Crippen LogP contribution in [0.15, 0.2) is 0 Å². The summed E-state index contributed by atoms with van der Waals surface area (Å²) in [5, 5.41) is 0. The molecule has 0 heterocycles. The predicted octanol–water partition coefficient (Wildman–Crippen LogP) is 4.90. The molecule has 2 saturated carbocycles. The molecule has 0 unspecified atom stereocenters. The molecular formula is C20H42N2O2Si. The standard InChI is InChI=1S/C20H42N2O2Si/c1-5-19(15-11-9-12-16-19)21-25(23-7-3,24-8-4)22-20(6-2)17-13-10-14-18-20/h21-22H,5-18H2,1-4H3. The first kappa shape index (κ1) is 21.4. The minimum absolute atomic E-state index is 0.186. The number of hydrogen-bond acceptors (Lipinski definition) is 4. The first-order chi connectivity index (χ1) is 12.1. The van der Waals surface area contributed by atoms with E-state index in [4.69, 9.17) is 8.85 Å². The highest BCUT2D eigenvalue weighted by Crippen LogP contribution is 2.35. The quantitative estimate of drug-likeness (QED) is 0.537. The van der Waals surface area contributed by atoms with Crippen molar-refractivity contribution in [3.8, 4) is 0 Å². The van der Waals surface area contributed by atoms with Gasteiger partial charge in [0.15, 0.2) is 0 Å². The lowest BCUT2D eigenvalue weighted by Gasteiger charge is -2.48. The van der Waals surface area contributed by atoms with Gasteiger partial charge >= 0.3 is 8.88 Å². The van der Waals surface area contributed by atoms with E-state index in [9.17, 15) is 0 Å². The van der Waals surface area contributed by atoms with Crippen LogP contribution in [0.2, 0.25) is 0 Å². The van der Waals surface area contributed by atoms with E-state index < -0.39 is 8.88 Å². The summed E-state index contributed by atoms with van der Waals surface area (Å²) in [4.78, 5) is 8.05. The van der Waals surface area contributed by atoms with Gasteiger partial charge in [0.25, 0.3) is 0 Å². The van der Waals surface area contributed by atoms with E-state index in [1.54, 1.807) is 0 Å². The smallest absolute Gasteiger partial charge is 0.371 e. The van der Waals surface area contributed by atoms with Crippen LogP contribution in [0.5, 0.6) is 0 Å². The van der Waals surface area contributed by atoms with Gasteiger partial charge in [0.2, 0.25) is 0 Å². The minimum Gasteiger partial charge on any atom is -0.371 e. The normalized spacial score (nSPS) is 23.5. The van der Waals surface area contributed by atoms with E-state index in [2.05, 4.69) is 37.7 Å². The summed E-state index contributed by atoms with van der Waals surface area (Å²) in [6.45, 7) is 10.3. The van der Waals surface area contributed by atoms with E-state index in [0.717, 1.165) is 12.8 Å². The molecule has 2 aliphatic carbocycles. The fourth-order valence-electron chi connectivity index (χ4n) is 4.91. The second-order valence-electron chi connectivity index (χ2n) is 8.12. The highest BCUT2D eigenvalue weighted by molar-refractivity contribution is 6.62. The third-order valence-corrected chi connectivity index (χ3v) is 9.64. The number of hydrogen-bond donors (Lipinski definition) is 2.